The second-order valence-electron chi connectivity index (χ2n) is 6.90. The van der Waals surface area contributed by atoms with Gasteiger partial charge >= 0.3 is 5.97 Å². The third kappa shape index (κ3) is 5.66. The first kappa shape index (κ1) is 20.1. The minimum absolute atomic E-state index is 0.0834. The summed E-state index contributed by atoms with van der Waals surface area (Å²) >= 11 is 0. The Labute approximate surface area is 165 Å². The molecule has 3 rings (SSSR count). The summed E-state index contributed by atoms with van der Waals surface area (Å²) in [5, 5.41) is 0. The van der Waals surface area contributed by atoms with Gasteiger partial charge in [0.2, 0.25) is 10.0 Å². The van der Waals surface area contributed by atoms with E-state index in [-0.39, 0.29) is 13.0 Å². The van der Waals surface area contributed by atoms with Gasteiger partial charge in [-0.15, -0.1) is 0 Å². The van der Waals surface area contributed by atoms with Gasteiger partial charge in [-0.05, 0) is 42.0 Å². The maximum atomic E-state index is 12.3. The number of nitrogens with one attached hydrogen (secondary N) is 1. The molecule has 0 radical (unpaired) electrons. The summed E-state index contributed by atoms with van der Waals surface area (Å²) in [7, 11) is -3.93. The van der Waals surface area contributed by atoms with Gasteiger partial charge in [0.05, 0.1) is 12.2 Å². The SMILES string of the molecule is O=C(CCS(=O)(=O)NC(=O)c1cccc(C2CCC2)c1)OCc1ccccc1. The van der Waals surface area contributed by atoms with Gasteiger partial charge < -0.3 is 4.74 Å². The van der Waals surface area contributed by atoms with Gasteiger partial charge in [-0.25, -0.2) is 13.1 Å². The van der Waals surface area contributed by atoms with E-state index in [1.165, 1.54) is 6.42 Å². The highest BCUT2D eigenvalue weighted by Gasteiger charge is 2.22. The standard InChI is InChI=1S/C21H23NO5S/c23-20(27-15-16-6-2-1-3-7-16)12-13-28(25,26)22-21(24)19-11-5-10-18(14-19)17-8-4-9-17/h1-3,5-7,10-11,14,17H,4,8-9,12-13,15H2,(H,22,24). The third-order valence-corrected chi connectivity index (χ3v) is 6.03. The molecule has 0 heterocycles. The number of benzene rings is 2. The second kappa shape index (κ2) is 9.01. The van der Waals surface area contributed by atoms with Crippen molar-refractivity contribution in [3.05, 3.63) is 71.3 Å². The van der Waals surface area contributed by atoms with Crippen LogP contribution in [0.15, 0.2) is 54.6 Å². The van der Waals surface area contributed by atoms with Crippen LogP contribution in [0.3, 0.4) is 0 Å². The lowest BCUT2D eigenvalue weighted by atomic mass is 9.80. The first-order valence-electron chi connectivity index (χ1n) is 9.27. The summed E-state index contributed by atoms with van der Waals surface area (Å²) in [6.07, 6.45) is 3.04. The van der Waals surface area contributed by atoms with E-state index >= 15 is 0 Å². The van der Waals surface area contributed by atoms with Crippen molar-refractivity contribution in [2.45, 2.75) is 38.2 Å². The normalized spacial score (nSPS) is 14.1. The van der Waals surface area contributed by atoms with Crippen molar-refractivity contribution in [3.8, 4) is 0 Å². The molecule has 0 aliphatic heterocycles. The Balaban J connectivity index is 1.49. The fourth-order valence-corrected chi connectivity index (χ4v) is 3.89. The van der Waals surface area contributed by atoms with Crippen LogP contribution >= 0.6 is 0 Å². The molecule has 0 atom stereocenters. The zero-order valence-corrected chi connectivity index (χ0v) is 16.3. The van der Waals surface area contributed by atoms with E-state index in [1.54, 1.807) is 18.2 Å². The lowest BCUT2D eigenvalue weighted by Gasteiger charge is -2.26. The third-order valence-electron chi connectivity index (χ3n) is 4.79. The Hall–Kier alpha value is -2.67. The van der Waals surface area contributed by atoms with Crippen LogP contribution in [-0.2, 0) is 26.2 Å². The molecule has 1 fully saturated rings. The van der Waals surface area contributed by atoms with Crippen molar-refractivity contribution in [2.24, 2.45) is 0 Å². The van der Waals surface area contributed by atoms with Crippen molar-refractivity contribution >= 4 is 21.9 Å². The maximum absolute atomic E-state index is 12.3. The maximum Gasteiger partial charge on any atom is 0.307 e. The number of hydrogen-bond acceptors (Lipinski definition) is 5. The van der Waals surface area contributed by atoms with Crippen molar-refractivity contribution < 1.29 is 22.7 Å². The van der Waals surface area contributed by atoms with E-state index in [2.05, 4.69) is 0 Å². The van der Waals surface area contributed by atoms with Crippen LogP contribution in [0.2, 0.25) is 0 Å². The quantitative estimate of drug-likeness (QED) is 0.687. The summed E-state index contributed by atoms with van der Waals surface area (Å²) in [5.41, 5.74) is 2.18. The highest BCUT2D eigenvalue weighted by atomic mass is 32.2. The molecule has 1 aliphatic carbocycles. The summed E-state index contributed by atoms with van der Waals surface area (Å²) in [5.74, 6) is -1.37. The minimum Gasteiger partial charge on any atom is -0.461 e. The number of hydrogen-bond donors (Lipinski definition) is 1. The minimum atomic E-state index is -3.93. The van der Waals surface area contributed by atoms with E-state index in [0.717, 1.165) is 24.0 Å². The number of rotatable bonds is 8. The molecular weight excluding hydrogens is 378 g/mol. The molecule has 1 saturated carbocycles. The first-order chi connectivity index (χ1) is 13.4. The van der Waals surface area contributed by atoms with Crippen LogP contribution in [0.1, 0.15) is 53.1 Å². The lowest BCUT2D eigenvalue weighted by molar-refractivity contribution is -0.144. The number of amides is 1. The summed E-state index contributed by atoms with van der Waals surface area (Å²) in [4.78, 5) is 24.1. The van der Waals surface area contributed by atoms with Gasteiger partial charge in [-0.3, -0.25) is 9.59 Å². The topological polar surface area (TPSA) is 89.5 Å². The largest absolute Gasteiger partial charge is 0.461 e. The molecule has 28 heavy (non-hydrogen) atoms. The molecule has 0 spiro atoms. The summed E-state index contributed by atoms with van der Waals surface area (Å²) in [6, 6.07) is 16.1. The van der Waals surface area contributed by atoms with Crippen LogP contribution in [0.5, 0.6) is 0 Å². The molecule has 1 aliphatic rings. The number of carbonyl (C=O) groups excluding carboxylic acids is 2. The van der Waals surface area contributed by atoms with Crippen molar-refractivity contribution in [1.29, 1.82) is 0 Å². The van der Waals surface area contributed by atoms with Gasteiger partial charge in [-0.1, -0.05) is 48.9 Å². The van der Waals surface area contributed by atoms with Crippen LogP contribution < -0.4 is 4.72 Å². The molecule has 0 bridgehead atoms. The number of sulfonamides is 1. The Kier molecular flexibility index (Phi) is 6.46. The first-order valence-corrected chi connectivity index (χ1v) is 10.9. The second-order valence-corrected chi connectivity index (χ2v) is 8.74. The molecule has 1 N–H and O–H groups in total. The molecule has 0 saturated heterocycles. The van der Waals surface area contributed by atoms with Crippen LogP contribution in [-0.4, -0.2) is 26.0 Å². The summed E-state index contributed by atoms with van der Waals surface area (Å²) < 4.78 is 31.4. The lowest BCUT2D eigenvalue weighted by Crippen LogP contribution is -2.33. The average Bonchev–Trinajstić information content (AvgIpc) is 2.64. The molecule has 2 aromatic carbocycles. The van der Waals surface area contributed by atoms with E-state index < -0.39 is 27.7 Å². The molecule has 0 unspecified atom stereocenters. The van der Waals surface area contributed by atoms with Crippen LogP contribution in [0.25, 0.3) is 0 Å². The molecule has 7 heteroatoms. The van der Waals surface area contributed by atoms with Crippen molar-refractivity contribution in [3.63, 3.8) is 0 Å². The molecule has 1 amide bonds. The van der Waals surface area contributed by atoms with E-state index in [0.29, 0.717) is 11.5 Å². The van der Waals surface area contributed by atoms with E-state index in [4.69, 9.17) is 4.74 Å². The highest BCUT2D eigenvalue weighted by molar-refractivity contribution is 7.90. The average molecular weight is 401 g/mol. The Morgan fingerprint density at radius 1 is 1.04 bits per heavy atom. The Bertz CT molecular complexity index is 936. The van der Waals surface area contributed by atoms with Gasteiger partial charge in [0, 0.05) is 5.56 Å². The Morgan fingerprint density at radius 3 is 2.46 bits per heavy atom. The predicted molar refractivity (Wildman–Crippen MR) is 105 cm³/mol. The number of ether oxygens (including phenoxy) is 1. The summed E-state index contributed by atoms with van der Waals surface area (Å²) in [6.45, 7) is 0.0834. The fraction of sp³-hybridized carbons (Fsp3) is 0.333. The van der Waals surface area contributed by atoms with Crippen molar-refractivity contribution in [2.75, 3.05) is 5.75 Å². The molecule has 6 nitrogen and oxygen atoms in total. The number of esters is 1. The van der Waals surface area contributed by atoms with Crippen molar-refractivity contribution in [1.82, 2.24) is 4.72 Å². The van der Waals surface area contributed by atoms with Gasteiger partial charge in [0.15, 0.2) is 0 Å². The molecule has 148 valence electrons. The Morgan fingerprint density at radius 2 is 1.79 bits per heavy atom. The van der Waals surface area contributed by atoms with E-state index in [9.17, 15) is 18.0 Å². The van der Waals surface area contributed by atoms with Crippen LogP contribution in [0.4, 0.5) is 0 Å². The number of carbonyl (C=O) groups is 2. The molecule has 0 aromatic heterocycles. The smallest absolute Gasteiger partial charge is 0.307 e. The molecular formula is C21H23NO5S. The zero-order valence-electron chi connectivity index (χ0n) is 15.5. The van der Waals surface area contributed by atoms with Crippen LogP contribution in [0, 0.1) is 0 Å². The van der Waals surface area contributed by atoms with E-state index in [1.807, 2.05) is 41.1 Å². The predicted octanol–water partition coefficient (Wildman–Crippen LogP) is 3.15. The fourth-order valence-electron chi connectivity index (χ4n) is 2.95. The zero-order chi connectivity index (χ0) is 20.0. The van der Waals surface area contributed by atoms with Gasteiger partial charge in [0.25, 0.3) is 5.91 Å². The van der Waals surface area contributed by atoms with Gasteiger partial charge in [0.1, 0.15) is 6.61 Å². The highest BCUT2D eigenvalue weighted by Crippen LogP contribution is 2.36. The van der Waals surface area contributed by atoms with Gasteiger partial charge in [-0.2, -0.15) is 0 Å². The monoisotopic (exact) mass is 401 g/mol. The molecule has 2 aromatic rings.